The summed E-state index contributed by atoms with van der Waals surface area (Å²) in [6, 6.07) is 13.4. The second kappa shape index (κ2) is 5.76. The van der Waals surface area contributed by atoms with E-state index in [2.05, 4.69) is 25.1 Å². The molecule has 4 rings (SSSR count). The van der Waals surface area contributed by atoms with Crippen molar-refractivity contribution in [1.82, 2.24) is 29.7 Å². The zero-order valence-electron chi connectivity index (χ0n) is 12.1. The van der Waals surface area contributed by atoms with Crippen molar-refractivity contribution in [2.75, 3.05) is 0 Å². The molecular weight excluding hydrogens is 288 g/mol. The fourth-order valence-electron chi connectivity index (χ4n) is 2.37. The van der Waals surface area contributed by atoms with Crippen LogP contribution in [0.4, 0.5) is 0 Å². The van der Waals surface area contributed by atoms with Gasteiger partial charge in [0.2, 0.25) is 0 Å². The Hall–Kier alpha value is -3.41. The SMILES string of the molecule is c1ccc(-c2nnc(-c3ccncc3)n2-c2ccncc2)nc1. The predicted octanol–water partition coefficient (Wildman–Crippen LogP) is 2.79. The minimum absolute atomic E-state index is 0.684. The molecule has 0 amide bonds. The van der Waals surface area contributed by atoms with Gasteiger partial charge in [0, 0.05) is 36.5 Å². The predicted molar refractivity (Wildman–Crippen MR) is 85.6 cm³/mol. The molecular formula is C17H12N6. The Balaban J connectivity index is 1.97. The lowest BCUT2D eigenvalue weighted by Crippen LogP contribution is -2.01. The standard InChI is InChI=1S/C17H12N6/c1-2-8-20-15(3-1)17-22-21-16(13-4-9-18-10-5-13)23(17)14-6-11-19-12-7-14/h1-12H. The third kappa shape index (κ3) is 2.46. The van der Waals surface area contributed by atoms with Gasteiger partial charge in [-0.25, -0.2) is 0 Å². The highest BCUT2D eigenvalue weighted by Crippen LogP contribution is 2.26. The van der Waals surface area contributed by atoms with Crippen molar-refractivity contribution in [1.29, 1.82) is 0 Å². The van der Waals surface area contributed by atoms with Crippen LogP contribution in [0.15, 0.2) is 73.4 Å². The summed E-state index contributed by atoms with van der Waals surface area (Å²) in [5, 5.41) is 8.71. The Bertz CT molecular complexity index is 847. The smallest absolute Gasteiger partial charge is 0.187 e. The van der Waals surface area contributed by atoms with Crippen LogP contribution in [0.1, 0.15) is 0 Å². The van der Waals surface area contributed by atoms with E-state index < -0.39 is 0 Å². The van der Waals surface area contributed by atoms with Crippen molar-refractivity contribution < 1.29 is 0 Å². The van der Waals surface area contributed by atoms with Gasteiger partial charge in [0.25, 0.3) is 0 Å². The van der Waals surface area contributed by atoms with Gasteiger partial charge < -0.3 is 0 Å². The third-order valence-corrected chi connectivity index (χ3v) is 3.42. The van der Waals surface area contributed by atoms with E-state index in [9.17, 15) is 0 Å². The van der Waals surface area contributed by atoms with Gasteiger partial charge in [0.15, 0.2) is 11.6 Å². The van der Waals surface area contributed by atoms with Gasteiger partial charge in [-0.3, -0.25) is 19.5 Å². The summed E-state index contributed by atoms with van der Waals surface area (Å²) in [6.07, 6.45) is 8.71. The number of nitrogens with zero attached hydrogens (tertiary/aromatic N) is 6. The van der Waals surface area contributed by atoms with Crippen LogP contribution in [0.3, 0.4) is 0 Å². The van der Waals surface area contributed by atoms with Gasteiger partial charge in [0.05, 0.1) is 5.69 Å². The molecule has 0 atom stereocenters. The van der Waals surface area contributed by atoms with Crippen molar-refractivity contribution in [2.45, 2.75) is 0 Å². The van der Waals surface area contributed by atoms with Gasteiger partial charge in [-0.2, -0.15) is 0 Å². The van der Waals surface area contributed by atoms with Crippen LogP contribution < -0.4 is 0 Å². The molecule has 4 aromatic heterocycles. The number of hydrogen-bond acceptors (Lipinski definition) is 5. The van der Waals surface area contributed by atoms with Crippen LogP contribution in [-0.2, 0) is 0 Å². The van der Waals surface area contributed by atoms with E-state index in [0.29, 0.717) is 5.82 Å². The number of aromatic nitrogens is 6. The lowest BCUT2D eigenvalue weighted by molar-refractivity contribution is 1.05. The van der Waals surface area contributed by atoms with E-state index in [1.165, 1.54) is 0 Å². The maximum Gasteiger partial charge on any atom is 0.187 e. The summed E-state index contributed by atoms with van der Waals surface area (Å²) >= 11 is 0. The maximum absolute atomic E-state index is 4.39. The highest BCUT2D eigenvalue weighted by Gasteiger charge is 2.17. The summed E-state index contributed by atoms with van der Waals surface area (Å²) in [4.78, 5) is 12.5. The summed E-state index contributed by atoms with van der Waals surface area (Å²) in [7, 11) is 0. The normalized spacial score (nSPS) is 10.6. The van der Waals surface area contributed by atoms with Crippen molar-refractivity contribution in [2.24, 2.45) is 0 Å². The molecule has 0 fully saturated rings. The van der Waals surface area contributed by atoms with Crippen molar-refractivity contribution in [3.63, 3.8) is 0 Å². The molecule has 0 aliphatic heterocycles. The quantitative estimate of drug-likeness (QED) is 0.582. The average molecular weight is 300 g/mol. The molecule has 4 heterocycles. The molecule has 0 bridgehead atoms. The first-order valence-electron chi connectivity index (χ1n) is 7.11. The lowest BCUT2D eigenvalue weighted by atomic mass is 10.2. The summed E-state index contributed by atoms with van der Waals surface area (Å²) in [5.41, 5.74) is 2.63. The van der Waals surface area contributed by atoms with Crippen LogP contribution in [0.25, 0.3) is 28.6 Å². The molecule has 4 aromatic rings. The monoisotopic (exact) mass is 300 g/mol. The van der Waals surface area contributed by atoms with Gasteiger partial charge in [-0.15, -0.1) is 10.2 Å². The largest absolute Gasteiger partial charge is 0.274 e. The van der Waals surface area contributed by atoms with Crippen LogP contribution in [-0.4, -0.2) is 29.7 Å². The molecule has 6 nitrogen and oxygen atoms in total. The molecule has 0 saturated carbocycles. The van der Waals surface area contributed by atoms with Gasteiger partial charge in [0.1, 0.15) is 5.69 Å². The molecule has 0 aliphatic carbocycles. The van der Waals surface area contributed by atoms with E-state index in [-0.39, 0.29) is 0 Å². The van der Waals surface area contributed by atoms with E-state index in [1.807, 2.05) is 47.0 Å². The topological polar surface area (TPSA) is 69.4 Å². The number of rotatable bonds is 3. The minimum Gasteiger partial charge on any atom is -0.274 e. The molecule has 23 heavy (non-hydrogen) atoms. The second-order valence-electron chi connectivity index (χ2n) is 4.84. The van der Waals surface area contributed by atoms with Gasteiger partial charge >= 0.3 is 0 Å². The Morgan fingerprint density at radius 3 is 2.04 bits per heavy atom. The highest BCUT2D eigenvalue weighted by atomic mass is 15.3. The Labute approximate surface area is 132 Å². The first-order chi connectivity index (χ1) is 11.4. The summed E-state index contributed by atoms with van der Waals surface area (Å²) < 4.78 is 1.97. The Morgan fingerprint density at radius 1 is 0.652 bits per heavy atom. The van der Waals surface area contributed by atoms with E-state index in [0.717, 1.165) is 22.8 Å². The molecule has 0 aromatic carbocycles. The Kier molecular flexibility index (Phi) is 3.32. The average Bonchev–Trinajstić information content (AvgIpc) is 3.09. The number of pyridine rings is 3. The Morgan fingerprint density at radius 2 is 1.35 bits per heavy atom. The minimum atomic E-state index is 0.684. The fourth-order valence-corrected chi connectivity index (χ4v) is 2.37. The maximum atomic E-state index is 4.39. The first-order valence-corrected chi connectivity index (χ1v) is 7.11. The van der Waals surface area contributed by atoms with Crippen LogP contribution >= 0.6 is 0 Å². The molecule has 0 aliphatic rings. The van der Waals surface area contributed by atoms with E-state index >= 15 is 0 Å². The molecule has 0 spiro atoms. The second-order valence-corrected chi connectivity index (χ2v) is 4.84. The first kappa shape index (κ1) is 13.3. The summed E-state index contributed by atoms with van der Waals surface area (Å²) in [5.74, 6) is 1.42. The molecule has 0 radical (unpaired) electrons. The zero-order valence-corrected chi connectivity index (χ0v) is 12.1. The van der Waals surface area contributed by atoms with E-state index in [4.69, 9.17) is 0 Å². The van der Waals surface area contributed by atoms with Crippen LogP contribution in [0.2, 0.25) is 0 Å². The van der Waals surface area contributed by atoms with Crippen LogP contribution in [0, 0.1) is 0 Å². The van der Waals surface area contributed by atoms with Gasteiger partial charge in [-0.1, -0.05) is 6.07 Å². The molecule has 0 saturated heterocycles. The summed E-state index contributed by atoms with van der Waals surface area (Å²) in [6.45, 7) is 0. The fraction of sp³-hybridized carbons (Fsp3) is 0. The third-order valence-electron chi connectivity index (χ3n) is 3.42. The lowest BCUT2D eigenvalue weighted by Gasteiger charge is -2.09. The highest BCUT2D eigenvalue weighted by molar-refractivity contribution is 5.64. The molecule has 0 N–H and O–H groups in total. The van der Waals surface area contributed by atoms with E-state index in [1.54, 1.807) is 31.0 Å². The van der Waals surface area contributed by atoms with Crippen molar-refractivity contribution in [3.05, 3.63) is 73.4 Å². The molecule has 6 heteroatoms. The van der Waals surface area contributed by atoms with Crippen molar-refractivity contribution >= 4 is 0 Å². The molecule has 0 unspecified atom stereocenters. The van der Waals surface area contributed by atoms with Crippen molar-refractivity contribution in [3.8, 4) is 28.6 Å². The zero-order chi connectivity index (χ0) is 15.5. The van der Waals surface area contributed by atoms with Gasteiger partial charge in [-0.05, 0) is 36.4 Å². The van der Waals surface area contributed by atoms with Crippen LogP contribution in [0.5, 0.6) is 0 Å². The molecule has 110 valence electrons. The number of hydrogen-bond donors (Lipinski definition) is 0.